The fourth-order valence-electron chi connectivity index (χ4n) is 3.77. The molecule has 0 fully saturated rings. The topological polar surface area (TPSA) is 96.0 Å². The molecule has 2 unspecified atom stereocenters. The molecule has 2 atom stereocenters. The van der Waals surface area contributed by atoms with E-state index in [0.717, 1.165) is 51.9 Å². The zero-order valence-corrected chi connectivity index (χ0v) is 35.1. The second-order valence-electron chi connectivity index (χ2n) is 12.3. The standard InChI is InChI=1S/C12H24O.C8H18O.C7H14O.C6H14.C5H12.C2H8N2.CH4O/c1-3-9-12(4-2)10-7-5-6-8-11-13;1-3-5-6-8-9-7-4-2;1-4-5-6(2)7(3)8;1-3-5-6-4-2;1-3-5-4-2;1-4(2)3;1-2/h3,9,12-13H,4-8,10-11H2,1-2H3;3-8H2,1-2H3;6H,4-5H2,1-3H3;3-6H2,1-2H3;3-5H2,1-2H3;3H2,1-2H3;2H,1H3. The van der Waals surface area contributed by atoms with E-state index in [2.05, 4.69) is 74.5 Å². The molecular formula is C41H94N2O4. The highest BCUT2D eigenvalue weighted by Crippen LogP contribution is 2.15. The van der Waals surface area contributed by atoms with Crippen LogP contribution in [0.1, 0.15) is 198 Å². The fourth-order valence-corrected chi connectivity index (χ4v) is 3.77. The number of aliphatic hydroxyl groups excluding tert-OH is 2. The second-order valence-corrected chi connectivity index (χ2v) is 12.3. The van der Waals surface area contributed by atoms with Gasteiger partial charge in [0.05, 0.1) is 0 Å². The fraction of sp³-hybridized carbons (Fsp3) is 0.927. The van der Waals surface area contributed by atoms with Crippen LogP contribution in [0, 0.1) is 11.8 Å². The Morgan fingerprint density at radius 1 is 0.681 bits per heavy atom. The Kier molecular flexibility index (Phi) is 88.1. The number of unbranched alkanes of at least 4 members (excludes halogenated alkanes) is 10. The molecule has 0 heterocycles. The van der Waals surface area contributed by atoms with Gasteiger partial charge in [0, 0.05) is 46.9 Å². The molecule has 292 valence electrons. The van der Waals surface area contributed by atoms with E-state index in [1.807, 2.05) is 6.92 Å². The minimum absolute atomic E-state index is 0.278. The number of hydrogen-bond acceptors (Lipinski definition) is 6. The molecule has 0 aliphatic rings. The Labute approximate surface area is 299 Å². The summed E-state index contributed by atoms with van der Waals surface area (Å²) in [5.41, 5.74) is 0. The Morgan fingerprint density at radius 2 is 1.13 bits per heavy atom. The Hall–Kier alpha value is -0.790. The third-order valence-electron chi connectivity index (χ3n) is 6.79. The van der Waals surface area contributed by atoms with Gasteiger partial charge in [-0.05, 0) is 58.3 Å². The molecule has 47 heavy (non-hydrogen) atoms. The van der Waals surface area contributed by atoms with E-state index >= 15 is 0 Å². The average molecular weight is 679 g/mol. The van der Waals surface area contributed by atoms with Crippen LogP contribution >= 0.6 is 0 Å². The van der Waals surface area contributed by atoms with Gasteiger partial charge in [-0.2, -0.15) is 0 Å². The van der Waals surface area contributed by atoms with Crippen LogP contribution in [0.15, 0.2) is 12.2 Å². The zero-order chi connectivity index (χ0) is 38.0. The number of rotatable bonds is 22. The van der Waals surface area contributed by atoms with Crippen molar-refractivity contribution in [3.63, 3.8) is 0 Å². The first-order chi connectivity index (χ1) is 22.5. The maximum absolute atomic E-state index is 10.5. The van der Waals surface area contributed by atoms with Gasteiger partial charge < -0.3 is 14.9 Å². The largest absolute Gasteiger partial charge is 0.400 e. The minimum atomic E-state index is 0.278. The molecule has 0 amide bonds. The molecule has 0 aromatic carbocycles. The van der Waals surface area contributed by atoms with Crippen LogP contribution in [-0.2, 0) is 9.53 Å². The lowest BCUT2D eigenvalue weighted by atomic mass is 9.98. The van der Waals surface area contributed by atoms with Gasteiger partial charge in [-0.1, -0.05) is 158 Å². The van der Waals surface area contributed by atoms with Gasteiger partial charge in [0.25, 0.3) is 0 Å². The number of nitrogens with zero attached hydrogens (tertiary/aromatic N) is 1. The lowest BCUT2D eigenvalue weighted by Gasteiger charge is -2.08. The van der Waals surface area contributed by atoms with Crippen LogP contribution in [0.25, 0.3) is 0 Å². The van der Waals surface area contributed by atoms with Gasteiger partial charge in [0.2, 0.25) is 0 Å². The highest BCUT2D eigenvalue weighted by molar-refractivity contribution is 5.77. The molecule has 0 saturated heterocycles. The van der Waals surface area contributed by atoms with E-state index in [1.54, 1.807) is 21.0 Å². The molecule has 0 bridgehead atoms. The Balaban J connectivity index is -0.0000000842. The molecule has 0 saturated carbocycles. The zero-order valence-electron chi connectivity index (χ0n) is 35.1. The van der Waals surface area contributed by atoms with E-state index in [9.17, 15) is 4.79 Å². The molecular weight excluding hydrogens is 584 g/mol. The lowest BCUT2D eigenvalue weighted by molar-refractivity contribution is -0.120. The number of nitrogens with two attached hydrogens (primary N) is 1. The number of aliphatic hydroxyl groups is 2. The first kappa shape index (κ1) is 61.4. The monoisotopic (exact) mass is 679 g/mol. The molecule has 6 nitrogen and oxygen atoms in total. The van der Waals surface area contributed by atoms with Gasteiger partial charge in [-0.25, -0.2) is 0 Å². The summed E-state index contributed by atoms with van der Waals surface area (Å²) in [7, 11) is 4.56. The van der Waals surface area contributed by atoms with E-state index in [4.69, 9.17) is 20.8 Å². The van der Waals surface area contributed by atoms with Crippen molar-refractivity contribution >= 4 is 5.78 Å². The van der Waals surface area contributed by atoms with E-state index in [0.29, 0.717) is 12.4 Å². The van der Waals surface area contributed by atoms with Gasteiger partial charge >= 0.3 is 0 Å². The number of hydrogen-bond donors (Lipinski definition) is 3. The van der Waals surface area contributed by atoms with Crippen LogP contribution in [0.3, 0.4) is 0 Å². The molecule has 0 aromatic rings. The van der Waals surface area contributed by atoms with Gasteiger partial charge in [-0.3, -0.25) is 15.6 Å². The van der Waals surface area contributed by atoms with E-state index < -0.39 is 0 Å². The SMILES string of the molecule is CC=CC(CC)CCCCCCO.CCCC(C)C(C)=O.CCCCC.CCCCCC.CCCCCOCCC.CN(C)N.CO. The van der Waals surface area contributed by atoms with Gasteiger partial charge in [0.1, 0.15) is 5.78 Å². The third-order valence-corrected chi connectivity index (χ3v) is 6.79. The molecule has 0 rings (SSSR count). The van der Waals surface area contributed by atoms with Crippen molar-refractivity contribution in [3.05, 3.63) is 12.2 Å². The third kappa shape index (κ3) is 98.9. The summed E-state index contributed by atoms with van der Waals surface area (Å²) in [5.74, 6) is 6.31. The molecule has 0 spiro atoms. The molecule has 0 aliphatic heterocycles. The Bertz CT molecular complexity index is 473. The highest BCUT2D eigenvalue weighted by atomic mass is 16.5. The van der Waals surface area contributed by atoms with Crippen LogP contribution < -0.4 is 5.84 Å². The summed E-state index contributed by atoms with van der Waals surface area (Å²) in [4.78, 5) is 10.5. The quantitative estimate of drug-likeness (QED) is 0.0456. The maximum atomic E-state index is 10.5. The summed E-state index contributed by atoms with van der Waals surface area (Å²) in [6.07, 6.45) is 28.5. The highest BCUT2D eigenvalue weighted by Gasteiger charge is 2.03. The van der Waals surface area contributed by atoms with Crippen LogP contribution in [0.5, 0.6) is 0 Å². The molecule has 0 aromatic heterocycles. The predicted octanol–water partition coefficient (Wildman–Crippen LogP) is 12.0. The summed E-state index contributed by atoms with van der Waals surface area (Å²) >= 11 is 0. The molecule has 0 aliphatic carbocycles. The molecule has 0 radical (unpaired) electrons. The second kappa shape index (κ2) is 67.4. The van der Waals surface area contributed by atoms with Crippen molar-refractivity contribution in [2.45, 2.75) is 198 Å². The van der Waals surface area contributed by atoms with Crippen molar-refractivity contribution < 1.29 is 19.7 Å². The number of hydrazine groups is 1. The van der Waals surface area contributed by atoms with Gasteiger partial charge in [0.15, 0.2) is 0 Å². The number of allylic oxidation sites excluding steroid dienone is 2. The lowest BCUT2D eigenvalue weighted by Crippen LogP contribution is -2.18. The average Bonchev–Trinajstić information content (AvgIpc) is 3.05. The number of carbonyl (C=O) groups excluding carboxylic acids is 1. The normalized spacial score (nSPS) is 10.9. The Morgan fingerprint density at radius 3 is 1.43 bits per heavy atom. The first-order valence-electron chi connectivity index (χ1n) is 19.7. The summed E-state index contributed by atoms with van der Waals surface area (Å²) in [6.45, 7) is 25.5. The number of ether oxygens (including phenoxy) is 1. The van der Waals surface area contributed by atoms with Crippen molar-refractivity contribution in [1.29, 1.82) is 0 Å². The van der Waals surface area contributed by atoms with E-state index in [-0.39, 0.29) is 5.92 Å². The number of carbonyl (C=O) groups is 1. The molecule has 6 heteroatoms. The summed E-state index contributed by atoms with van der Waals surface area (Å²) in [6, 6.07) is 0. The van der Waals surface area contributed by atoms with E-state index in [1.165, 1.54) is 101 Å². The van der Waals surface area contributed by atoms with Crippen LogP contribution in [-0.4, -0.2) is 62.0 Å². The number of ketones is 1. The van der Waals surface area contributed by atoms with Gasteiger partial charge in [-0.15, -0.1) is 0 Å². The first-order valence-corrected chi connectivity index (χ1v) is 19.7. The van der Waals surface area contributed by atoms with Crippen molar-refractivity contribution in [2.24, 2.45) is 17.7 Å². The number of Topliss-reactive ketones (excluding diaryl/α,β-unsaturated/α-hetero) is 1. The minimum Gasteiger partial charge on any atom is -0.400 e. The van der Waals surface area contributed by atoms with Crippen LogP contribution in [0.2, 0.25) is 0 Å². The predicted molar refractivity (Wildman–Crippen MR) is 215 cm³/mol. The summed E-state index contributed by atoms with van der Waals surface area (Å²) < 4.78 is 5.28. The smallest absolute Gasteiger partial charge is 0.132 e. The van der Waals surface area contributed by atoms with Crippen molar-refractivity contribution in [2.75, 3.05) is 41.0 Å². The van der Waals surface area contributed by atoms with Crippen molar-refractivity contribution in [3.8, 4) is 0 Å². The van der Waals surface area contributed by atoms with Crippen molar-refractivity contribution in [1.82, 2.24) is 5.01 Å². The van der Waals surface area contributed by atoms with Crippen LogP contribution in [0.4, 0.5) is 0 Å². The molecule has 4 N–H and O–H groups in total. The maximum Gasteiger partial charge on any atom is 0.132 e. The summed E-state index contributed by atoms with van der Waals surface area (Å²) in [5, 5.41) is 17.1.